The van der Waals surface area contributed by atoms with Gasteiger partial charge < -0.3 is 15.5 Å². The molecule has 0 aromatic rings. The Balaban J connectivity index is 1.83. The minimum Gasteiger partial charge on any atom is -0.317 e. The molecule has 0 amide bonds. The maximum atomic E-state index is 3.59. The highest BCUT2D eigenvalue weighted by Gasteiger charge is 2.27. The fourth-order valence-corrected chi connectivity index (χ4v) is 3.72. The molecule has 0 aliphatic carbocycles. The first-order chi connectivity index (χ1) is 9.20. The number of piperidine rings is 1. The van der Waals surface area contributed by atoms with Crippen LogP contribution in [0.3, 0.4) is 0 Å². The van der Waals surface area contributed by atoms with Gasteiger partial charge in [-0.1, -0.05) is 0 Å². The number of rotatable bonds is 5. The minimum absolute atomic E-state index is 0.674. The Morgan fingerprint density at radius 3 is 2.63 bits per heavy atom. The third-order valence-corrected chi connectivity index (χ3v) is 4.97. The van der Waals surface area contributed by atoms with E-state index in [4.69, 9.17) is 0 Å². The Morgan fingerprint density at radius 1 is 1.26 bits per heavy atom. The van der Waals surface area contributed by atoms with E-state index in [1.54, 1.807) is 0 Å². The molecule has 19 heavy (non-hydrogen) atoms. The van der Waals surface area contributed by atoms with Crippen molar-refractivity contribution in [2.75, 3.05) is 53.4 Å². The van der Waals surface area contributed by atoms with E-state index in [0.29, 0.717) is 12.1 Å². The van der Waals surface area contributed by atoms with Gasteiger partial charge in [0.05, 0.1) is 0 Å². The van der Waals surface area contributed by atoms with E-state index >= 15 is 0 Å². The lowest BCUT2D eigenvalue weighted by Crippen LogP contribution is -2.51. The van der Waals surface area contributed by atoms with Crippen LogP contribution in [-0.2, 0) is 0 Å². The lowest BCUT2D eigenvalue weighted by molar-refractivity contribution is 0.129. The van der Waals surface area contributed by atoms with Gasteiger partial charge in [0, 0.05) is 44.8 Å². The molecule has 3 unspecified atom stereocenters. The molecule has 2 heterocycles. The second kappa shape index (κ2) is 7.58. The molecule has 112 valence electrons. The summed E-state index contributed by atoms with van der Waals surface area (Å²) in [6.07, 6.45) is 4.04. The van der Waals surface area contributed by atoms with Crippen LogP contribution < -0.4 is 10.6 Å². The van der Waals surface area contributed by atoms with E-state index in [-0.39, 0.29) is 0 Å². The summed E-state index contributed by atoms with van der Waals surface area (Å²) in [5, 5.41) is 7.04. The van der Waals surface area contributed by atoms with Gasteiger partial charge in [0.2, 0.25) is 0 Å². The van der Waals surface area contributed by atoms with Crippen molar-refractivity contribution in [2.45, 2.75) is 38.3 Å². The minimum atomic E-state index is 0.674. The number of hydrogen-bond acceptors (Lipinski definition) is 4. The SMILES string of the molecule is CNC(CC(C)N1CCNCC1)C1CCCN(C)C1. The molecule has 2 rings (SSSR count). The van der Waals surface area contributed by atoms with Crippen LogP contribution in [0.5, 0.6) is 0 Å². The quantitative estimate of drug-likeness (QED) is 0.764. The van der Waals surface area contributed by atoms with Crippen LogP contribution in [0.1, 0.15) is 26.2 Å². The van der Waals surface area contributed by atoms with Gasteiger partial charge >= 0.3 is 0 Å². The third kappa shape index (κ3) is 4.42. The largest absolute Gasteiger partial charge is 0.317 e. The van der Waals surface area contributed by atoms with Crippen molar-refractivity contribution in [3.05, 3.63) is 0 Å². The van der Waals surface area contributed by atoms with Crippen LogP contribution >= 0.6 is 0 Å². The maximum absolute atomic E-state index is 3.59. The molecule has 0 radical (unpaired) electrons. The molecule has 0 aromatic carbocycles. The maximum Gasteiger partial charge on any atom is 0.0119 e. The summed E-state index contributed by atoms with van der Waals surface area (Å²) in [6, 6.07) is 1.37. The Morgan fingerprint density at radius 2 is 2.00 bits per heavy atom. The van der Waals surface area contributed by atoms with Crippen molar-refractivity contribution >= 4 is 0 Å². The van der Waals surface area contributed by atoms with Crippen molar-refractivity contribution in [3.63, 3.8) is 0 Å². The van der Waals surface area contributed by atoms with Gasteiger partial charge in [-0.15, -0.1) is 0 Å². The number of piperazine rings is 1. The molecule has 4 heteroatoms. The second-order valence-electron chi connectivity index (χ2n) is 6.43. The molecule has 2 saturated heterocycles. The molecule has 2 fully saturated rings. The highest BCUT2D eigenvalue weighted by Crippen LogP contribution is 2.22. The summed E-state index contributed by atoms with van der Waals surface area (Å²) in [7, 11) is 4.41. The molecule has 0 bridgehead atoms. The summed E-state index contributed by atoms with van der Waals surface area (Å²) in [5.74, 6) is 0.828. The van der Waals surface area contributed by atoms with Crippen LogP contribution in [0, 0.1) is 5.92 Å². The molecule has 2 N–H and O–H groups in total. The van der Waals surface area contributed by atoms with E-state index in [2.05, 4.69) is 41.5 Å². The first-order valence-corrected chi connectivity index (χ1v) is 8.01. The Labute approximate surface area is 118 Å². The summed E-state index contributed by atoms with van der Waals surface area (Å²) in [6.45, 7) is 9.67. The number of nitrogens with zero attached hydrogens (tertiary/aromatic N) is 2. The summed E-state index contributed by atoms with van der Waals surface area (Å²) in [4.78, 5) is 5.14. The van der Waals surface area contributed by atoms with Gasteiger partial charge in [-0.25, -0.2) is 0 Å². The normalized spacial score (nSPS) is 30.2. The van der Waals surface area contributed by atoms with Crippen molar-refractivity contribution < 1.29 is 0 Å². The van der Waals surface area contributed by atoms with Gasteiger partial charge in [0.1, 0.15) is 0 Å². The highest BCUT2D eigenvalue weighted by molar-refractivity contribution is 4.85. The van der Waals surface area contributed by atoms with Crippen molar-refractivity contribution in [3.8, 4) is 0 Å². The van der Waals surface area contributed by atoms with Gasteiger partial charge in [0.25, 0.3) is 0 Å². The average molecular weight is 268 g/mol. The lowest BCUT2D eigenvalue weighted by Gasteiger charge is -2.39. The molecule has 0 spiro atoms. The zero-order valence-electron chi connectivity index (χ0n) is 13.0. The Hall–Kier alpha value is -0.160. The molecule has 2 aliphatic heterocycles. The van der Waals surface area contributed by atoms with Gasteiger partial charge in [-0.05, 0) is 52.7 Å². The molecule has 0 saturated carbocycles. The zero-order valence-corrected chi connectivity index (χ0v) is 13.0. The van der Waals surface area contributed by atoms with Crippen LogP contribution in [0.15, 0.2) is 0 Å². The fraction of sp³-hybridized carbons (Fsp3) is 1.00. The second-order valence-corrected chi connectivity index (χ2v) is 6.43. The third-order valence-electron chi connectivity index (χ3n) is 4.97. The van der Waals surface area contributed by atoms with E-state index in [0.717, 1.165) is 19.0 Å². The first kappa shape index (κ1) is 15.2. The number of hydrogen-bond donors (Lipinski definition) is 2. The van der Waals surface area contributed by atoms with Gasteiger partial charge in [0.15, 0.2) is 0 Å². The standard InChI is InChI=1S/C15H32N4/c1-13(19-9-6-17-7-10-19)11-15(16-2)14-5-4-8-18(3)12-14/h13-17H,4-12H2,1-3H3. The predicted octanol–water partition coefficient (Wildman–Crippen LogP) is 0.600. The van der Waals surface area contributed by atoms with E-state index in [1.807, 2.05) is 0 Å². The summed E-state index contributed by atoms with van der Waals surface area (Å²) in [5.41, 5.74) is 0. The van der Waals surface area contributed by atoms with Crippen molar-refractivity contribution in [1.82, 2.24) is 20.4 Å². The lowest BCUT2D eigenvalue weighted by atomic mass is 9.87. The van der Waals surface area contributed by atoms with Crippen LogP contribution in [0.25, 0.3) is 0 Å². The molecule has 4 nitrogen and oxygen atoms in total. The Bertz CT molecular complexity index is 253. The number of likely N-dealkylation sites (tertiary alicyclic amines) is 1. The van der Waals surface area contributed by atoms with E-state index in [9.17, 15) is 0 Å². The average Bonchev–Trinajstić information content (AvgIpc) is 2.45. The zero-order chi connectivity index (χ0) is 13.7. The van der Waals surface area contributed by atoms with E-state index < -0.39 is 0 Å². The van der Waals surface area contributed by atoms with E-state index in [1.165, 1.54) is 45.4 Å². The van der Waals surface area contributed by atoms with Crippen LogP contribution in [-0.4, -0.2) is 75.2 Å². The molecule has 3 atom stereocenters. The van der Waals surface area contributed by atoms with Gasteiger partial charge in [-0.2, -0.15) is 0 Å². The van der Waals surface area contributed by atoms with Crippen molar-refractivity contribution in [1.29, 1.82) is 0 Å². The predicted molar refractivity (Wildman–Crippen MR) is 81.6 cm³/mol. The monoisotopic (exact) mass is 268 g/mol. The first-order valence-electron chi connectivity index (χ1n) is 8.01. The molecule has 2 aliphatic rings. The summed E-state index contributed by atoms with van der Waals surface area (Å²) >= 11 is 0. The van der Waals surface area contributed by atoms with Gasteiger partial charge in [-0.3, -0.25) is 4.90 Å². The van der Waals surface area contributed by atoms with Crippen molar-refractivity contribution in [2.24, 2.45) is 5.92 Å². The summed E-state index contributed by atoms with van der Waals surface area (Å²) < 4.78 is 0. The fourth-order valence-electron chi connectivity index (χ4n) is 3.72. The van der Waals surface area contributed by atoms with Crippen LogP contribution in [0.2, 0.25) is 0 Å². The Kier molecular flexibility index (Phi) is 6.07. The highest BCUT2D eigenvalue weighted by atomic mass is 15.2. The molecular weight excluding hydrogens is 236 g/mol. The molecule has 0 aromatic heterocycles. The molecular formula is C15H32N4. The van der Waals surface area contributed by atoms with Crippen LogP contribution in [0.4, 0.5) is 0 Å². The smallest absolute Gasteiger partial charge is 0.0119 e. The number of nitrogens with one attached hydrogen (secondary N) is 2. The topological polar surface area (TPSA) is 30.5 Å².